The van der Waals surface area contributed by atoms with Gasteiger partial charge in [-0.3, -0.25) is 24.9 Å². The third kappa shape index (κ3) is 5.11. The van der Waals surface area contributed by atoms with Gasteiger partial charge in [0.25, 0.3) is 11.8 Å². The van der Waals surface area contributed by atoms with E-state index < -0.39 is 17.3 Å². The first-order valence-corrected chi connectivity index (χ1v) is 12.6. The summed E-state index contributed by atoms with van der Waals surface area (Å²) in [5.41, 5.74) is 1.45. The second-order valence-electron chi connectivity index (χ2n) is 9.32. The Hall–Kier alpha value is -4.56. The van der Waals surface area contributed by atoms with Gasteiger partial charge in [-0.05, 0) is 65.2 Å². The molecule has 1 aliphatic heterocycles. The molecule has 39 heavy (non-hydrogen) atoms. The fourth-order valence-electron chi connectivity index (χ4n) is 4.70. The molecule has 1 aromatic heterocycles. The largest absolute Gasteiger partial charge is 0.337 e. The summed E-state index contributed by atoms with van der Waals surface area (Å²) in [5.74, 6) is -1.15. The van der Waals surface area contributed by atoms with E-state index in [4.69, 9.17) is 17.0 Å². The van der Waals surface area contributed by atoms with Gasteiger partial charge in [-0.2, -0.15) is 0 Å². The number of aromatic nitrogens is 1. The normalized spacial score (nSPS) is 16.7. The van der Waals surface area contributed by atoms with Crippen LogP contribution < -0.4 is 5.32 Å². The van der Waals surface area contributed by atoms with Crippen LogP contribution in [0, 0.1) is 11.2 Å². The van der Waals surface area contributed by atoms with E-state index in [-0.39, 0.29) is 18.4 Å². The monoisotopic (exact) mass is 541 g/mol. The molecule has 0 radical (unpaired) electrons. The predicted molar refractivity (Wildman–Crippen MR) is 147 cm³/mol. The Morgan fingerprint density at radius 2 is 1.77 bits per heavy atom. The van der Waals surface area contributed by atoms with Gasteiger partial charge in [-0.15, -0.1) is 0 Å². The lowest BCUT2D eigenvalue weighted by atomic mass is 9.86. The van der Waals surface area contributed by atoms with Crippen molar-refractivity contribution in [3.8, 4) is 0 Å². The number of guanidine groups is 1. The van der Waals surface area contributed by atoms with Crippen molar-refractivity contribution in [1.29, 1.82) is 5.41 Å². The molecule has 2 heterocycles. The number of benzene rings is 3. The van der Waals surface area contributed by atoms with Gasteiger partial charge in [-0.25, -0.2) is 4.39 Å². The zero-order valence-corrected chi connectivity index (χ0v) is 21.8. The molecular formula is C30H25ClFN5O2. The van der Waals surface area contributed by atoms with Gasteiger partial charge < -0.3 is 10.2 Å². The fraction of sp³-hybridized carbons (Fsp3) is 0.133. The zero-order valence-electron chi connectivity index (χ0n) is 21.1. The maximum absolute atomic E-state index is 14.0. The average Bonchev–Trinajstić information content (AvgIpc) is 3.20. The Morgan fingerprint density at radius 1 is 1.03 bits per heavy atom. The lowest BCUT2D eigenvalue weighted by Gasteiger charge is -2.27. The van der Waals surface area contributed by atoms with Crippen LogP contribution >= 0.6 is 11.6 Å². The summed E-state index contributed by atoms with van der Waals surface area (Å²) in [4.78, 5) is 34.5. The second-order valence-corrected chi connectivity index (χ2v) is 9.76. The van der Waals surface area contributed by atoms with E-state index in [1.165, 1.54) is 29.2 Å². The number of nitrogens with zero attached hydrogens (tertiary/aromatic N) is 3. The van der Waals surface area contributed by atoms with E-state index in [2.05, 4.69) is 10.3 Å². The van der Waals surface area contributed by atoms with Crippen LogP contribution in [0.5, 0.6) is 0 Å². The quantitative estimate of drug-likeness (QED) is 0.346. The molecule has 4 aromatic rings. The molecule has 2 N–H and O–H groups in total. The average molecular weight is 542 g/mol. The summed E-state index contributed by atoms with van der Waals surface area (Å²) in [5, 5.41) is 12.3. The van der Waals surface area contributed by atoms with Crippen LogP contribution in [-0.2, 0) is 23.4 Å². The minimum absolute atomic E-state index is 0.0580. The standard InChI is InChI=1S/C30H25ClFN5O2/c1-36(18-20-8-12-24(31)13-9-20)27(38)22-6-4-5-21(17-22)19-37-28(39)30(35-29(37)33,26-7-2-3-16-34-26)23-10-14-25(32)15-11-23/h2-17H,18-19H2,1H3,(H2,33,35). The van der Waals surface area contributed by atoms with Crippen molar-refractivity contribution >= 4 is 29.4 Å². The van der Waals surface area contributed by atoms with E-state index in [9.17, 15) is 14.0 Å². The van der Waals surface area contributed by atoms with Crippen molar-refractivity contribution in [3.63, 3.8) is 0 Å². The van der Waals surface area contributed by atoms with Crippen LogP contribution in [0.25, 0.3) is 0 Å². The molecule has 5 rings (SSSR count). The number of amides is 2. The minimum atomic E-state index is -1.49. The Morgan fingerprint density at radius 3 is 2.46 bits per heavy atom. The van der Waals surface area contributed by atoms with Crippen molar-refractivity contribution in [1.82, 2.24) is 20.1 Å². The number of nitrogens with one attached hydrogen (secondary N) is 2. The number of carbonyl (C=O) groups is 2. The van der Waals surface area contributed by atoms with E-state index in [0.29, 0.717) is 34.0 Å². The Bertz CT molecular complexity index is 1530. The maximum Gasteiger partial charge on any atom is 0.266 e. The van der Waals surface area contributed by atoms with E-state index in [1.807, 2.05) is 12.1 Å². The molecule has 7 nitrogen and oxygen atoms in total. The maximum atomic E-state index is 14.0. The molecule has 1 unspecified atom stereocenters. The molecule has 1 aliphatic rings. The molecule has 0 spiro atoms. The molecule has 0 saturated carbocycles. The topological polar surface area (TPSA) is 89.4 Å². The van der Waals surface area contributed by atoms with E-state index in [0.717, 1.165) is 5.56 Å². The van der Waals surface area contributed by atoms with Gasteiger partial charge in [0, 0.05) is 30.4 Å². The van der Waals surface area contributed by atoms with Gasteiger partial charge in [0.05, 0.1) is 12.2 Å². The summed E-state index contributed by atoms with van der Waals surface area (Å²) >= 11 is 5.96. The molecular weight excluding hydrogens is 517 g/mol. The minimum Gasteiger partial charge on any atom is -0.337 e. The number of pyridine rings is 1. The summed E-state index contributed by atoms with van der Waals surface area (Å²) in [7, 11) is 1.72. The summed E-state index contributed by atoms with van der Waals surface area (Å²) in [6.07, 6.45) is 1.57. The molecule has 1 atom stereocenters. The Balaban J connectivity index is 1.40. The van der Waals surface area contributed by atoms with Gasteiger partial charge in [0.15, 0.2) is 11.5 Å². The van der Waals surface area contributed by atoms with Crippen LogP contribution in [0.2, 0.25) is 5.02 Å². The van der Waals surface area contributed by atoms with Gasteiger partial charge >= 0.3 is 0 Å². The number of hydrogen-bond donors (Lipinski definition) is 2. The zero-order chi connectivity index (χ0) is 27.6. The highest BCUT2D eigenvalue weighted by atomic mass is 35.5. The molecule has 9 heteroatoms. The SMILES string of the molecule is CN(Cc1ccc(Cl)cc1)C(=O)c1cccc(CN2C(=N)NC(c3ccc(F)cc3)(c3ccccn3)C2=O)c1. The predicted octanol–water partition coefficient (Wildman–Crippen LogP) is 4.96. The first-order valence-electron chi connectivity index (χ1n) is 12.2. The smallest absolute Gasteiger partial charge is 0.266 e. The van der Waals surface area contributed by atoms with E-state index in [1.54, 1.807) is 72.7 Å². The van der Waals surface area contributed by atoms with Crippen LogP contribution in [0.3, 0.4) is 0 Å². The van der Waals surface area contributed by atoms with Crippen LogP contribution in [0.4, 0.5) is 4.39 Å². The molecule has 1 saturated heterocycles. The highest BCUT2D eigenvalue weighted by molar-refractivity contribution is 6.30. The Kier molecular flexibility index (Phi) is 7.13. The van der Waals surface area contributed by atoms with Crippen LogP contribution in [-0.4, -0.2) is 39.6 Å². The van der Waals surface area contributed by atoms with E-state index >= 15 is 0 Å². The van der Waals surface area contributed by atoms with Crippen molar-refractivity contribution in [3.05, 3.63) is 136 Å². The number of halogens is 2. The van der Waals surface area contributed by atoms with Crippen LogP contribution in [0.1, 0.15) is 32.7 Å². The summed E-state index contributed by atoms with van der Waals surface area (Å²) in [6, 6.07) is 25.1. The molecule has 0 bridgehead atoms. The fourth-order valence-corrected chi connectivity index (χ4v) is 4.82. The first-order chi connectivity index (χ1) is 18.8. The molecule has 196 valence electrons. The van der Waals surface area contributed by atoms with Crippen molar-refractivity contribution in [2.45, 2.75) is 18.6 Å². The highest BCUT2D eigenvalue weighted by Crippen LogP contribution is 2.35. The Labute approximate surface area is 230 Å². The number of rotatable bonds is 7. The lowest BCUT2D eigenvalue weighted by molar-refractivity contribution is -0.130. The molecule has 0 aliphatic carbocycles. The summed E-state index contributed by atoms with van der Waals surface area (Å²) in [6.45, 7) is 0.464. The highest BCUT2D eigenvalue weighted by Gasteiger charge is 2.53. The third-order valence-electron chi connectivity index (χ3n) is 6.66. The number of hydrogen-bond acceptors (Lipinski definition) is 4. The van der Waals surface area contributed by atoms with Crippen LogP contribution in [0.15, 0.2) is 97.2 Å². The molecule has 2 amide bonds. The third-order valence-corrected chi connectivity index (χ3v) is 6.91. The molecule has 1 fully saturated rings. The van der Waals surface area contributed by atoms with Crippen molar-refractivity contribution in [2.75, 3.05) is 7.05 Å². The second kappa shape index (κ2) is 10.7. The first kappa shape index (κ1) is 26.1. The lowest BCUT2D eigenvalue weighted by Crippen LogP contribution is -2.45. The van der Waals surface area contributed by atoms with Gasteiger partial charge in [0.2, 0.25) is 0 Å². The van der Waals surface area contributed by atoms with Crippen molar-refractivity contribution in [2.24, 2.45) is 0 Å². The van der Waals surface area contributed by atoms with Gasteiger partial charge in [-0.1, -0.05) is 54.1 Å². The molecule has 3 aromatic carbocycles. The van der Waals surface area contributed by atoms with Crippen molar-refractivity contribution < 1.29 is 14.0 Å². The summed E-state index contributed by atoms with van der Waals surface area (Å²) < 4.78 is 13.7. The number of carbonyl (C=O) groups excluding carboxylic acids is 2. The van der Waals surface area contributed by atoms with Gasteiger partial charge in [0.1, 0.15) is 5.82 Å².